The van der Waals surface area contributed by atoms with Gasteiger partial charge in [0.15, 0.2) is 6.04 Å². The van der Waals surface area contributed by atoms with Crippen LogP contribution in [-0.2, 0) is 16.1 Å². The fourth-order valence-corrected chi connectivity index (χ4v) is 3.97. The van der Waals surface area contributed by atoms with Gasteiger partial charge in [-0.1, -0.05) is 30.3 Å². The summed E-state index contributed by atoms with van der Waals surface area (Å²) in [5.74, 6) is -4.26. The summed E-state index contributed by atoms with van der Waals surface area (Å²) in [5, 5.41) is 3.94. The Morgan fingerprint density at radius 3 is 2.45 bits per heavy atom. The smallest absolute Gasteiger partial charge is 0.337 e. The molecule has 2 N–H and O–H groups in total. The van der Waals surface area contributed by atoms with E-state index in [0.29, 0.717) is 0 Å². The molecule has 2 aromatic carbocycles. The average Bonchev–Trinajstić information content (AvgIpc) is 3.06. The Balaban J connectivity index is 1.59. The van der Waals surface area contributed by atoms with Gasteiger partial charge in [0.05, 0.1) is 5.56 Å². The van der Waals surface area contributed by atoms with Crippen LogP contribution in [-0.4, -0.2) is 40.7 Å². The maximum atomic E-state index is 14.7. The van der Waals surface area contributed by atoms with Crippen molar-refractivity contribution >= 4 is 23.6 Å². The predicted molar refractivity (Wildman–Crippen MR) is 105 cm³/mol. The van der Waals surface area contributed by atoms with Crippen molar-refractivity contribution in [3.63, 3.8) is 0 Å². The molecule has 0 aliphatic carbocycles. The number of nitrogens with zero attached hydrogens (tertiary/aromatic N) is 1. The van der Waals surface area contributed by atoms with Crippen molar-refractivity contribution in [1.29, 1.82) is 0 Å². The maximum absolute atomic E-state index is 14.7. The molecule has 0 radical (unpaired) electrons. The molecule has 2 unspecified atom stereocenters. The van der Waals surface area contributed by atoms with E-state index in [1.54, 1.807) is 0 Å². The van der Waals surface area contributed by atoms with E-state index in [4.69, 9.17) is 0 Å². The standard InChI is InChI=1S/C22H17F4N3O4/c23-15-9-13-12(10-29(21(13)33)16-6-7-17(30)27-20(16)32)8-14(15)19(31)28-18(22(24,25)26)11-4-2-1-3-5-11/h1-5,8-9,16,18H,6-7,10H2,(H,28,31)(H,27,30,32). The van der Waals surface area contributed by atoms with E-state index in [-0.39, 0.29) is 36.1 Å². The number of imide groups is 1. The first-order valence-electron chi connectivity index (χ1n) is 9.96. The topological polar surface area (TPSA) is 95.6 Å². The van der Waals surface area contributed by atoms with Gasteiger partial charge in [-0.15, -0.1) is 0 Å². The lowest BCUT2D eigenvalue weighted by Gasteiger charge is -2.29. The van der Waals surface area contributed by atoms with Gasteiger partial charge in [-0.2, -0.15) is 13.2 Å². The van der Waals surface area contributed by atoms with Crippen molar-refractivity contribution in [2.24, 2.45) is 0 Å². The number of fused-ring (bicyclic) bond motifs is 1. The predicted octanol–water partition coefficient (Wildman–Crippen LogP) is 2.62. The molecule has 33 heavy (non-hydrogen) atoms. The number of hydrogen-bond acceptors (Lipinski definition) is 4. The van der Waals surface area contributed by atoms with Crippen molar-refractivity contribution in [2.75, 3.05) is 0 Å². The summed E-state index contributed by atoms with van der Waals surface area (Å²) in [4.78, 5) is 49.9. The third-order valence-electron chi connectivity index (χ3n) is 5.59. The molecule has 4 amide bonds. The van der Waals surface area contributed by atoms with Crippen molar-refractivity contribution in [3.05, 3.63) is 70.5 Å². The van der Waals surface area contributed by atoms with E-state index in [2.05, 4.69) is 5.32 Å². The van der Waals surface area contributed by atoms with Crippen LogP contribution in [0.5, 0.6) is 0 Å². The van der Waals surface area contributed by atoms with Crippen LogP contribution in [0.25, 0.3) is 0 Å². The van der Waals surface area contributed by atoms with E-state index in [1.165, 1.54) is 30.3 Å². The van der Waals surface area contributed by atoms with Crippen LogP contribution in [0.2, 0.25) is 0 Å². The number of alkyl halides is 3. The highest BCUT2D eigenvalue weighted by Gasteiger charge is 2.43. The van der Waals surface area contributed by atoms with Gasteiger partial charge in [0.1, 0.15) is 11.9 Å². The number of amides is 4. The fourth-order valence-electron chi connectivity index (χ4n) is 3.97. The number of piperidine rings is 1. The number of nitrogens with one attached hydrogen (secondary N) is 2. The Morgan fingerprint density at radius 1 is 1.12 bits per heavy atom. The average molecular weight is 463 g/mol. The fraction of sp³-hybridized carbons (Fsp3) is 0.273. The number of carbonyl (C=O) groups is 4. The molecule has 172 valence electrons. The molecule has 7 nitrogen and oxygen atoms in total. The molecule has 0 aromatic heterocycles. The zero-order valence-corrected chi connectivity index (χ0v) is 16.9. The lowest BCUT2D eigenvalue weighted by molar-refractivity contribution is -0.155. The van der Waals surface area contributed by atoms with E-state index in [9.17, 15) is 36.7 Å². The van der Waals surface area contributed by atoms with Crippen LogP contribution in [0.1, 0.15) is 50.7 Å². The highest BCUT2D eigenvalue weighted by molar-refractivity contribution is 6.06. The minimum atomic E-state index is -4.83. The largest absolute Gasteiger partial charge is 0.412 e. The maximum Gasteiger partial charge on any atom is 0.412 e. The second-order valence-corrected chi connectivity index (χ2v) is 7.75. The van der Waals surface area contributed by atoms with Crippen LogP contribution in [0.4, 0.5) is 17.6 Å². The minimum Gasteiger partial charge on any atom is -0.337 e. The van der Waals surface area contributed by atoms with Gasteiger partial charge in [-0.3, -0.25) is 24.5 Å². The first kappa shape index (κ1) is 22.4. The second-order valence-electron chi connectivity index (χ2n) is 7.75. The lowest BCUT2D eigenvalue weighted by Crippen LogP contribution is -2.52. The summed E-state index contributed by atoms with van der Waals surface area (Å²) < 4.78 is 55.3. The summed E-state index contributed by atoms with van der Waals surface area (Å²) >= 11 is 0. The van der Waals surface area contributed by atoms with Crippen molar-refractivity contribution in [3.8, 4) is 0 Å². The van der Waals surface area contributed by atoms with Crippen LogP contribution >= 0.6 is 0 Å². The van der Waals surface area contributed by atoms with E-state index in [0.717, 1.165) is 17.0 Å². The van der Waals surface area contributed by atoms with Gasteiger partial charge in [0, 0.05) is 18.5 Å². The Labute approximate surface area is 184 Å². The summed E-state index contributed by atoms with van der Waals surface area (Å²) in [6.45, 7) is -0.150. The van der Waals surface area contributed by atoms with Crippen LogP contribution < -0.4 is 10.6 Å². The van der Waals surface area contributed by atoms with Gasteiger partial charge in [-0.25, -0.2) is 4.39 Å². The summed E-state index contributed by atoms with van der Waals surface area (Å²) in [7, 11) is 0. The third-order valence-corrected chi connectivity index (χ3v) is 5.59. The summed E-state index contributed by atoms with van der Waals surface area (Å²) in [6, 6.07) is 5.14. The molecule has 0 spiro atoms. The molecule has 2 atom stereocenters. The number of rotatable bonds is 4. The van der Waals surface area contributed by atoms with Crippen molar-refractivity contribution < 1.29 is 36.7 Å². The molecule has 2 aliphatic rings. The molecule has 2 aliphatic heterocycles. The van der Waals surface area contributed by atoms with Gasteiger partial charge in [0.2, 0.25) is 11.8 Å². The minimum absolute atomic E-state index is 0.0247. The lowest BCUT2D eigenvalue weighted by atomic mass is 10.0. The number of benzene rings is 2. The molecular formula is C22H17F4N3O4. The van der Waals surface area contributed by atoms with E-state index < -0.39 is 53.3 Å². The molecule has 0 saturated carbocycles. The Kier molecular flexibility index (Phi) is 5.64. The SMILES string of the molecule is O=C1CCC(N2Cc3cc(C(=O)NC(c4ccccc4)C(F)(F)F)c(F)cc3C2=O)C(=O)N1. The number of carbonyl (C=O) groups excluding carboxylic acids is 4. The third kappa shape index (κ3) is 4.30. The molecule has 11 heteroatoms. The van der Waals surface area contributed by atoms with Gasteiger partial charge in [-0.05, 0) is 29.7 Å². The Bertz CT molecular complexity index is 1150. The first-order valence-corrected chi connectivity index (χ1v) is 9.96. The molecule has 0 bridgehead atoms. The van der Waals surface area contributed by atoms with Crippen molar-refractivity contribution in [2.45, 2.75) is 37.6 Å². The number of hydrogen-bond donors (Lipinski definition) is 2. The number of halogens is 4. The molecular weight excluding hydrogens is 446 g/mol. The second kappa shape index (κ2) is 8.30. The Morgan fingerprint density at radius 2 is 1.82 bits per heavy atom. The molecule has 2 aromatic rings. The highest BCUT2D eigenvalue weighted by atomic mass is 19.4. The summed E-state index contributed by atoms with van der Waals surface area (Å²) in [6.07, 6.45) is -4.72. The summed E-state index contributed by atoms with van der Waals surface area (Å²) in [5.41, 5.74) is -0.778. The molecule has 4 rings (SSSR count). The normalized spacial score (nSPS) is 19.2. The molecule has 2 heterocycles. The zero-order chi connectivity index (χ0) is 23.9. The van der Waals surface area contributed by atoms with Gasteiger partial charge < -0.3 is 10.2 Å². The van der Waals surface area contributed by atoms with Crippen LogP contribution in [0.3, 0.4) is 0 Å². The molecule has 1 saturated heterocycles. The highest BCUT2D eigenvalue weighted by Crippen LogP contribution is 2.34. The van der Waals surface area contributed by atoms with Gasteiger partial charge in [0.25, 0.3) is 11.8 Å². The van der Waals surface area contributed by atoms with Gasteiger partial charge >= 0.3 is 6.18 Å². The first-order chi connectivity index (χ1) is 15.6. The van der Waals surface area contributed by atoms with Crippen LogP contribution in [0.15, 0.2) is 42.5 Å². The van der Waals surface area contributed by atoms with E-state index >= 15 is 0 Å². The van der Waals surface area contributed by atoms with Crippen LogP contribution in [0, 0.1) is 5.82 Å². The Hall–Kier alpha value is -3.76. The monoisotopic (exact) mass is 463 g/mol. The van der Waals surface area contributed by atoms with Crippen molar-refractivity contribution in [1.82, 2.24) is 15.5 Å². The zero-order valence-electron chi connectivity index (χ0n) is 16.9. The molecule has 1 fully saturated rings. The van der Waals surface area contributed by atoms with E-state index in [1.807, 2.05) is 5.32 Å². The quantitative estimate of drug-likeness (QED) is 0.538.